The van der Waals surface area contributed by atoms with Crippen molar-refractivity contribution in [3.63, 3.8) is 0 Å². The number of amides is 1. The minimum absolute atomic E-state index is 0.126. The lowest BCUT2D eigenvalue weighted by atomic mass is 9.69. The van der Waals surface area contributed by atoms with Crippen LogP contribution in [0.15, 0.2) is 24.3 Å². The van der Waals surface area contributed by atoms with E-state index >= 15 is 0 Å². The summed E-state index contributed by atoms with van der Waals surface area (Å²) in [6.07, 6.45) is -1.31. The number of thiophene rings is 1. The molecule has 1 heterocycles. The molecule has 0 radical (unpaired) electrons. The Bertz CT molecular complexity index is 1010. The van der Waals surface area contributed by atoms with E-state index in [9.17, 15) is 22.8 Å². The lowest BCUT2D eigenvalue weighted by Crippen LogP contribution is -2.28. The van der Waals surface area contributed by atoms with Crippen molar-refractivity contribution in [2.75, 3.05) is 11.9 Å². The van der Waals surface area contributed by atoms with Gasteiger partial charge in [-0.3, -0.25) is 4.79 Å². The minimum Gasteiger partial charge on any atom is -0.462 e. The van der Waals surface area contributed by atoms with Gasteiger partial charge < -0.3 is 10.1 Å². The fraction of sp³-hybridized carbons (Fsp3) is 0.500. The highest BCUT2D eigenvalue weighted by Crippen LogP contribution is 2.46. The zero-order valence-electron chi connectivity index (χ0n) is 18.7. The van der Waals surface area contributed by atoms with Crippen LogP contribution < -0.4 is 5.32 Å². The van der Waals surface area contributed by atoms with E-state index in [1.54, 1.807) is 6.92 Å². The van der Waals surface area contributed by atoms with Gasteiger partial charge in [0.05, 0.1) is 23.3 Å². The highest BCUT2D eigenvalue weighted by atomic mass is 32.1. The number of fused-ring (bicyclic) bond motifs is 1. The second-order valence-corrected chi connectivity index (χ2v) is 9.81. The highest BCUT2D eigenvalue weighted by Gasteiger charge is 2.37. The highest BCUT2D eigenvalue weighted by molar-refractivity contribution is 7.17. The number of halogens is 3. The summed E-state index contributed by atoms with van der Waals surface area (Å²) in [4.78, 5) is 26.6. The van der Waals surface area contributed by atoms with Crippen LogP contribution in [0.5, 0.6) is 0 Å². The molecule has 2 aromatic rings. The predicted molar refractivity (Wildman–Crippen MR) is 119 cm³/mol. The molecular weight excluding hydrogens is 439 g/mol. The molecule has 0 saturated carbocycles. The lowest BCUT2D eigenvalue weighted by Gasteiger charge is -2.36. The largest absolute Gasteiger partial charge is 0.462 e. The molecule has 0 saturated heterocycles. The van der Waals surface area contributed by atoms with Gasteiger partial charge in [0.2, 0.25) is 0 Å². The van der Waals surface area contributed by atoms with Crippen LogP contribution >= 0.6 is 11.3 Å². The van der Waals surface area contributed by atoms with Crippen molar-refractivity contribution >= 4 is 28.2 Å². The van der Waals surface area contributed by atoms with E-state index in [1.165, 1.54) is 23.5 Å². The molecule has 3 rings (SSSR count). The molecule has 174 valence electrons. The number of benzene rings is 1. The van der Waals surface area contributed by atoms with Gasteiger partial charge in [-0.15, -0.1) is 11.3 Å². The number of ether oxygens (including phenoxy) is 1. The van der Waals surface area contributed by atoms with Crippen molar-refractivity contribution < 1.29 is 27.5 Å². The molecule has 0 spiro atoms. The van der Waals surface area contributed by atoms with Crippen LogP contribution in [0.4, 0.5) is 18.2 Å². The molecule has 1 aliphatic rings. The third-order valence-corrected chi connectivity index (χ3v) is 7.64. The second kappa shape index (κ2) is 9.25. The van der Waals surface area contributed by atoms with E-state index < -0.39 is 29.2 Å². The number of hydrogen-bond donors (Lipinski definition) is 1. The number of nitrogens with one attached hydrogen (secondary N) is 1. The molecular formula is C24H28F3NO3S. The number of hydrogen-bond acceptors (Lipinski definition) is 4. The summed E-state index contributed by atoms with van der Waals surface area (Å²) in [6, 6.07) is 4.63. The minimum atomic E-state index is -4.66. The van der Waals surface area contributed by atoms with Crippen molar-refractivity contribution in [3.05, 3.63) is 51.4 Å². The zero-order chi connectivity index (χ0) is 23.7. The first kappa shape index (κ1) is 24.3. The molecule has 0 fully saturated rings. The third kappa shape index (κ3) is 4.85. The summed E-state index contributed by atoms with van der Waals surface area (Å²) < 4.78 is 45.3. The fourth-order valence-corrected chi connectivity index (χ4v) is 5.46. The molecule has 1 amide bonds. The van der Waals surface area contributed by atoms with E-state index in [1.807, 2.05) is 0 Å². The van der Waals surface area contributed by atoms with E-state index in [2.05, 4.69) is 26.1 Å². The Hall–Kier alpha value is -2.35. The molecule has 32 heavy (non-hydrogen) atoms. The van der Waals surface area contributed by atoms with Gasteiger partial charge in [0.1, 0.15) is 5.00 Å². The van der Waals surface area contributed by atoms with Crippen LogP contribution in [0.3, 0.4) is 0 Å². The molecule has 1 unspecified atom stereocenters. The van der Waals surface area contributed by atoms with Gasteiger partial charge in [-0.1, -0.05) is 39.3 Å². The average molecular weight is 468 g/mol. The summed E-state index contributed by atoms with van der Waals surface area (Å²) >= 11 is 1.27. The van der Waals surface area contributed by atoms with Crippen molar-refractivity contribution in [2.24, 2.45) is 11.3 Å². The predicted octanol–water partition coefficient (Wildman–Crippen LogP) is 6.74. The Morgan fingerprint density at radius 2 is 1.88 bits per heavy atom. The van der Waals surface area contributed by atoms with Crippen molar-refractivity contribution in [2.45, 2.75) is 59.6 Å². The summed E-state index contributed by atoms with van der Waals surface area (Å²) in [5.41, 5.74) is -0.248. The van der Waals surface area contributed by atoms with Gasteiger partial charge in [0.15, 0.2) is 0 Å². The Kier molecular flexibility index (Phi) is 7.03. The fourth-order valence-electron chi connectivity index (χ4n) is 4.15. The Balaban J connectivity index is 1.99. The van der Waals surface area contributed by atoms with Crippen molar-refractivity contribution in [3.8, 4) is 0 Å². The second-order valence-electron chi connectivity index (χ2n) is 8.71. The maximum atomic E-state index is 13.4. The standard InChI is InChI=1S/C24H28F3NO3S/c1-5-23(3,4)14-11-12-16-18(13-14)32-21(19(16)22(30)31-6-2)28-20(29)15-9-7-8-10-17(15)24(25,26)27/h7-10,14H,5-6,11-13H2,1-4H3,(H,28,29). The van der Waals surface area contributed by atoms with Gasteiger partial charge in [-0.2, -0.15) is 13.2 Å². The summed E-state index contributed by atoms with van der Waals surface area (Å²) in [7, 11) is 0. The molecule has 4 nitrogen and oxygen atoms in total. The third-order valence-electron chi connectivity index (χ3n) is 6.47. The number of carbonyl (C=O) groups excluding carboxylic acids is 2. The van der Waals surface area contributed by atoms with Gasteiger partial charge in [-0.25, -0.2) is 4.79 Å². The van der Waals surface area contributed by atoms with Crippen LogP contribution in [0.2, 0.25) is 0 Å². The molecule has 1 aromatic carbocycles. The number of carbonyl (C=O) groups is 2. The van der Waals surface area contributed by atoms with Gasteiger partial charge in [0, 0.05) is 4.88 Å². The summed E-state index contributed by atoms with van der Waals surface area (Å²) in [5.74, 6) is -1.03. The monoisotopic (exact) mass is 467 g/mol. The molecule has 1 N–H and O–H groups in total. The Morgan fingerprint density at radius 3 is 2.50 bits per heavy atom. The van der Waals surface area contributed by atoms with Crippen molar-refractivity contribution in [1.29, 1.82) is 0 Å². The van der Waals surface area contributed by atoms with Gasteiger partial charge in [0.25, 0.3) is 5.91 Å². The van der Waals surface area contributed by atoms with E-state index in [0.29, 0.717) is 12.3 Å². The van der Waals surface area contributed by atoms with E-state index in [4.69, 9.17) is 4.74 Å². The topological polar surface area (TPSA) is 55.4 Å². The zero-order valence-corrected chi connectivity index (χ0v) is 19.5. The molecule has 0 bridgehead atoms. The SMILES string of the molecule is CCOC(=O)c1c(NC(=O)c2ccccc2C(F)(F)F)sc2c1CCC(C(C)(C)CC)C2. The molecule has 1 aromatic heterocycles. The van der Waals surface area contributed by atoms with Gasteiger partial charge in [-0.05, 0) is 55.2 Å². The van der Waals surface area contributed by atoms with Crippen LogP contribution in [-0.4, -0.2) is 18.5 Å². The van der Waals surface area contributed by atoms with Crippen molar-refractivity contribution in [1.82, 2.24) is 0 Å². The average Bonchev–Trinajstić information content (AvgIpc) is 3.10. The smallest absolute Gasteiger partial charge is 0.417 e. The number of anilines is 1. The summed E-state index contributed by atoms with van der Waals surface area (Å²) in [6.45, 7) is 8.45. The maximum Gasteiger partial charge on any atom is 0.417 e. The maximum absolute atomic E-state index is 13.4. The van der Waals surface area contributed by atoms with Crippen LogP contribution in [0.25, 0.3) is 0 Å². The normalized spacial score (nSPS) is 16.4. The first-order valence-electron chi connectivity index (χ1n) is 10.8. The molecule has 1 atom stereocenters. The number of esters is 1. The summed E-state index contributed by atoms with van der Waals surface area (Å²) in [5, 5.41) is 2.84. The van der Waals surface area contributed by atoms with Crippen LogP contribution in [0, 0.1) is 11.3 Å². The van der Waals surface area contributed by atoms with Crippen LogP contribution in [0.1, 0.15) is 77.3 Å². The first-order valence-corrected chi connectivity index (χ1v) is 11.6. The van der Waals surface area contributed by atoms with Gasteiger partial charge >= 0.3 is 12.1 Å². The van der Waals surface area contributed by atoms with E-state index in [0.717, 1.165) is 41.8 Å². The molecule has 8 heteroatoms. The molecule has 0 aliphatic heterocycles. The van der Waals surface area contributed by atoms with Crippen LogP contribution in [-0.2, 0) is 23.8 Å². The van der Waals surface area contributed by atoms with E-state index in [-0.39, 0.29) is 22.6 Å². The Labute approximate surface area is 190 Å². The Morgan fingerprint density at radius 1 is 1.19 bits per heavy atom. The first-order chi connectivity index (χ1) is 15.0. The number of rotatable bonds is 6. The lowest BCUT2D eigenvalue weighted by molar-refractivity contribution is -0.137. The number of alkyl halides is 3. The molecule has 1 aliphatic carbocycles. The quantitative estimate of drug-likeness (QED) is 0.479.